The van der Waals surface area contributed by atoms with Gasteiger partial charge in [-0.15, -0.1) is 0 Å². The van der Waals surface area contributed by atoms with Crippen LogP contribution in [0.2, 0.25) is 10.0 Å². The maximum absolute atomic E-state index is 13.0. The summed E-state index contributed by atoms with van der Waals surface area (Å²) in [6.45, 7) is 1.95. The second-order valence-corrected chi connectivity index (χ2v) is 8.56. The molecule has 2 aromatic carbocycles. The maximum Gasteiger partial charge on any atom is 0.258 e. The Balaban J connectivity index is 1.71. The van der Waals surface area contributed by atoms with E-state index >= 15 is 0 Å². The Morgan fingerprint density at radius 1 is 1.06 bits per heavy atom. The first-order chi connectivity index (χ1) is 14.8. The molecule has 31 heavy (non-hydrogen) atoms. The van der Waals surface area contributed by atoms with E-state index in [4.69, 9.17) is 23.2 Å². The van der Waals surface area contributed by atoms with Crippen molar-refractivity contribution in [2.45, 2.75) is 25.8 Å². The highest BCUT2D eigenvalue weighted by molar-refractivity contribution is 6.42. The van der Waals surface area contributed by atoms with Crippen LogP contribution in [-0.4, -0.2) is 52.9 Å². The Morgan fingerprint density at radius 3 is 2.58 bits per heavy atom. The molecule has 1 N–H and O–H groups in total. The van der Waals surface area contributed by atoms with Gasteiger partial charge in [0.05, 0.1) is 20.9 Å². The fraction of sp³-hybridized carbons (Fsp3) is 0.348. The van der Waals surface area contributed by atoms with E-state index in [2.05, 4.69) is 14.9 Å². The normalized spacial score (nSPS) is 11.3. The van der Waals surface area contributed by atoms with Gasteiger partial charge in [-0.05, 0) is 56.9 Å². The number of rotatable bonds is 9. The van der Waals surface area contributed by atoms with Gasteiger partial charge < -0.3 is 14.8 Å². The number of carbonyl (C=O) groups is 1. The number of hydrogen-bond acceptors (Lipinski definition) is 4. The van der Waals surface area contributed by atoms with Gasteiger partial charge in [-0.2, -0.15) is 0 Å². The van der Waals surface area contributed by atoms with E-state index in [1.54, 1.807) is 30.3 Å². The Hall–Kier alpha value is -2.41. The van der Waals surface area contributed by atoms with Crippen molar-refractivity contribution >= 4 is 40.0 Å². The standard InChI is InChI=1S/C23H26Cl2N4O2/c1-28(2)12-5-13-29(15-16-8-9-18(24)19(25)14-16)22(30)11-10-21-26-20-7-4-3-6-17(20)23(31)27-21/h3-4,6-9,14H,5,10-13,15H2,1-2H3,(H,26,27,31). The molecule has 0 fully saturated rings. The minimum absolute atomic E-state index is 0.000589. The first kappa shape index (κ1) is 23.3. The van der Waals surface area contributed by atoms with Crippen LogP contribution >= 0.6 is 23.2 Å². The van der Waals surface area contributed by atoms with Gasteiger partial charge in [0.2, 0.25) is 5.91 Å². The molecule has 6 nitrogen and oxygen atoms in total. The number of fused-ring (bicyclic) bond motifs is 1. The molecule has 0 atom stereocenters. The quantitative estimate of drug-likeness (QED) is 0.520. The van der Waals surface area contributed by atoms with Crippen molar-refractivity contribution in [1.82, 2.24) is 19.8 Å². The van der Waals surface area contributed by atoms with Crippen molar-refractivity contribution in [3.8, 4) is 0 Å². The van der Waals surface area contributed by atoms with Gasteiger partial charge in [-0.1, -0.05) is 41.4 Å². The summed E-state index contributed by atoms with van der Waals surface area (Å²) < 4.78 is 0. The number of nitrogens with one attached hydrogen (secondary N) is 1. The average Bonchev–Trinajstić information content (AvgIpc) is 2.73. The predicted octanol–water partition coefficient (Wildman–Crippen LogP) is 4.14. The lowest BCUT2D eigenvalue weighted by molar-refractivity contribution is -0.131. The zero-order valence-electron chi connectivity index (χ0n) is 17.7. The highest BCUT2D eigenvalue weighted by Gasteiger charge is 2.16. The van der Waals surface area contributed by atoms with Crippen LogP contribution in [0.5, 0.6) is 0 Å². The number of carbonyl (C=O) groups excluding carboxylic acids is 1. The zero-order valence-corrected chi connectivity index (χ0v) is 19.2. The second-order valence-electron chi connectivity index (χ2n) is 7.75. The number of hydrogen-bond donors (Lipinski definition) is 1. The van der Waals surface area contributed by atoms with Gasteiger partial charge in [0.1, 0.15) is 5.82 Å². The van der Waals surface area contributed by atoms with E-state index in [0.717, 1.165) is 18.5 Å². The summed E-state index contributed by atoms with van der Waals surface area (Å²) in [6, 6.07) is 12.6. The first-order valence-electron chi connectivity index (χ1n) is 10.2. The zero-order chi connectivity index (χ0) is 22.4. The number of aromatic amines is 1. The SMILES string of the molecule is CN(C)CCCN(Cc1ccc(Cl)c(Cl)c1)C(=O)CCc1nc2ccccc2c(=O)[nH]1. The lowest BCUT2D eigenvalue weighted by atomic mass is 10.1. The highest BCUT2D eigenvalue weighted by atomic mass is 35.5. The van der Waals surface area contributed by atoms with Gasteiger partial charge in [-0.25, -0.2) is 4.98 Å². The Morgan fingerprint density at radius 2 is 1.84 bits per heavy atom. The van der Waals surface area contributed by atoms with Crippen molar-refractivity contribution < 1.29 is 4.79 Å². The lowest BCUT2D eigenvalue weighted by Crippen LogP contribution is -2.33. The summed E-state index contributed by atoms with van der Waals surface area (Å²) in [5, 5.41) is 1.50. The molecule has 1 aromatic heterocycles. The maximum atomic E-state index is 13.0. The smallest absolute Gasteiger partial charge is 0.258 e. The van der Waals surface area contributed by atoms with Crippen molar-refractivity contribution in [2.24, 2.45) is 0 Å². The van der Waals surface area contributed by atoms with Crippen molar-refractivity contribution in [3.63, 3.8) is 0 Å². The highest BCUT2D eigenvalue weighted by Crippen LogP contribution is 2.23. The minimum Gasteiger partial charge on any atom is -0.338 e. The Bertz CT molecular complexity index is 1110. The summed E-state index contributed by atoms with van der Waals surface area (Å²) >= 11 is 12.2. The molecule has 8 heteroatoms. The topological polar surface area (TPSA) is 69.3 Å². The minimum atomic E-state index is -0.188. The van der Waals surface area contributed by atoms with E-state index in [9.17, 15) is 9.59 Å². The van der Waals surface area contributed by atoms with E-state index < -0.39 is 0 Å². The third-order valence-electron chi connectivity index (χ3n) is 4.98. The molecule has 3 aromatic rings. The molecule has 0 aliphatic heterocycles. The van der Waals surface area contributed by atoms with Gasteiger partial charge in [0.15, 0.2) is 0 Å². The Kier molecular flexibility index (Phi) is 8.07. The lowest BCUT2D eigenvalue weighted by Gasteiger charge is -2.24. The molecule has 0 bridgehead atoms. The van der Waals surface area contributed by atoms with E-state index in [0.29, 0.717) is 46.3 Å². The average molecular weight is 461 g/mol. The van der Waals surface area contributed by atoms with Gasteiger partial charge in [0, 0.05) is 25.9 Å². The number of aromatic nitrogens is 2. The summed E-state index contributed by atoms with van der Waals surface area (Å²) in [5.41, 5.74) is 1.36. The third-order valence-corrected chi connectivity index (χ3v) is 5.72. The number of amides is 1. The van der Waals surface area contributed by atoms with Crippen LogP contribution in [0.1, 0.15) is 24.2 Å². The van der Waals surface area contributed by atoms with Gasteiger partial charge >= 0.3 is 0 Å². The van der Waals surface area contributed by atoms with Crippen LogP contribution in [0.25, 0.3) is 10.9 Å². The van der Waals surface area contributed by atoms with Gasteiger partial charge in [0.25, 0.3) is 5.56 Å². The molecule has 0 spiro atoms. The van der Waals surface area contributed by atoms with Crippen LogP contribution in [-0.2, 0) is 17.8 Å². The number of benzene rings is 2. The summed E-state index contributed by atoms with van der Waals surface area (Å²) in [7, 11) is 4.01. The molecule has 164 valence electrons. The van der Waals surface area contributed by atoms with Crippen LogP contribution in [0.15, 0.2) is 47.3 Å². The molecule has 0 saturated heterocycles. The van der Waals surface area contributed by atoms with E-state index in [1.807, 2.05) is 31.1 Å². The largest absolute Gasteiger partial charge is 0.338 e. The van der Waals surface area contributed by atoms with Crippen LogP contribution in [0.3, 0.4) is 0 Å². The summed E-state index contributed by atoms with van der Waals surface area (Å²) in [5.74, 6) is 0.514. The van der Waals surface area contributed by atoms with Gasteiger partial charge in [-0.3, -0.25) is 9.59 Å². The predicted molar refractivity (Wildman–Crippen MR) is 126 cm³/mol. The van der Waals surface area contributed by atoms with Crippen LogP contribution in [0.4, 0.5) is 0 Å². The van der Waals surface area contributed by atoms with Crippen LogP contribution in [0, 0.1) is 0 Å². The van der Waals surface area contributed by atoms with E-state index in [-0.39, 0.29) is 17.9 Å². The monoisotopic (exact) mass is 460 g/mol. The third kappa shape index (κ3) is 6.53. The number of H-pyrrole nitrogens is 1. The molecule has 0 aliphatic rings. The molecule has 1 heterocycles. The molecule has 0 unspecified atom stereocenters. The summed E-state index contributed by atoms with van der Waals surface area (Å²) in [6.07, 6.45) is 1.47. The fourth-order valence-electron chi connectivity index (χ4n) is 3.36. The summed E-state index contributed by atoms with van der Waals surface area (Å²) in [4.78, 5) is 36.5. The Labute approximate surface area is 191 Å². The molecule has 0 radical (unpaired) electrons. The molecule has 0 aliphatic carbocycles. The number of aryl methyl sites for hydroxylation is 1. The fourth-order valence-corrected chi connectivity index (χ4v) is 3.69. The molecular weight excluding hydrogens is 435 g/mol. The van der Waals surface area contributed by atoms with Crippen molar-refractivity contribution in [3.05, 3.63) is 74.3 Å². The molecule has 3 rings (SSSR count). The second kappa shape index (κ2) is 10.8. The molecule has 1 amide bonds. The number of halogens is 2. The molecular formula is C23H26Cl2N4O2. The first-order valence-corrected chi connectivity index (χ1v) is 10.9. The number of nitrogens with zero attached hydrogens (tertiary/aromatic N) is 3. The van der Waals surface area contributed by atoms with E-state index in [1.165, 1.54) is 0 Å². The van der Waals surface area contributed by atoms with Crippen LogP contribution < -0.4 is 5.56 Å². The number of para-hydroxylation sites is 1. The van der Waals surface area contributed by atoms with Crippen molar-refractivity contribution in [2.75, 3.05) is 27.2 Å². The van der Waals surface area contributed by atoms with Crippen molar-refractivity contribution in [1.29, 1.82) is 0 Å². The molecule has 0 saturated carbocycles.